The molecule has 2 aromatic rings. The molecule has 0 saturated carbocycles. The number of hydrogen-bond donors (Lipinski definition) is 4. The van der Waals surface area contributed by atoms with Gasteiger partial charge in [0.25, 0.3) is 5.91 Å². The van der Waals surface area contributed by atoms with Crippen molar-refractivity contribution < 1.29 is 14.3 Å². The van der Waals surface area contributed by atoms with E-state index in [-0.39, 0.29) is 23.2 Å². The molecule has 1 aliphatic heterocycles. The van der Waals surface area contributed by atoms with E-state index >= 15 is 0 Å². The molecule has 0 unspecified atom stereocenters. The first-order chi connectivity index (χ1) is 15.3. The maximum atomic E-state index is 11.9. The summed E-state index contributed by atoms with van der Waals surface area (Å²) in [6, 6.07) is 7.25. The van der Waals surface area contributed by atoms with Crippen LogP contribution < -0.4 is 22.1 Å². The van der Waals surface area contributed by atoms with Gasteiger partial charge in [0.2, 0.25) is 11.9 Å². The number of nitrogens with zero attached hydrogens (tertiary/aromatic N) is 3. The van der Waals surface area contributed by atoms with Crippen LogP contribution >= 0.6 is 0 Å². The summed E-state index contributed by atoms with van der Waals surface area (Å²) in [5.74, 6) is -0.462. The molecular formula is C22H31N7O3. The number of morpholine rings is 1. The van der Waals surface area contributed by atoms with Crippen LogP contribution in [0.2, 0.25) is 0 Å². The van der Waals surface area contributed by atoms with E-state index in [1.54, 1.807) is 0 Å². The number of hydrogen-bond acceptors (Lipinski definition) is 8. The third-order valence-corrected chi connectivity index (χ3v) is 5.13. The largest absolute Gasteiger partial charge is 0.379 e. The highest BCUT2D eigenvalue weighted by molar-refractivity contribution is 5.98. The highest BCUT2D eigenvalue weighted by Gasteiger charge is 2.20. The summed E-state index contributed by atoms with van der Waals surface area (Å²) in [6.07, 6.45) is 1.86. The summed E-state index contributed by atoms with van der Waals surface area (Å²) in [4.78, 5) is 34.5. The second-order valence-corrected chi connectivity index (χ2v) is 8.26. The number of amides is 2. The topological polar surface area (TPSA) is 148 Å². The molecule has 32 heavy (non-hydrogen) atoms. The predicted molar refractivity (Wildman–Crippen MR) is 122 cm³/mol. The lowest BCUT2D eigenvalue weighted by Crippen LogP contribution is -2.37. The standard InChI is InChI=1S/C22H31N7O3/c1-14(2)11-18(20(24)31)27-22-25-12-17(19(23)30)21(28-22)26-16-5-3-15(4-6-16)13-29-7-9-32-10-8-29/h3-6,12,14,18H,7-11,13H2,1-2H3,(H2,23,30)(H2,24,31)(H2,25,26,27,28)/t18-/m1/s1. The van der Waals surface area contributed by atoms with Gasteiger partial charge in [-0.25, -0.2) is 4.98 Å². The fourth-order valence-electron chi connectivity index (χ4n) is 3.45. The SMILES string of the molecule is CC(C)C[C@@H](Nc1ncc(C(N)=O)c(Nc2ccc(CN3CCOCC3)cc2)n1)C(N)=O. The van der Waals surface area contributed by atoms with E-state index in [1.165, 1.54) is 11.8 Å². The molecule has 2 amide bonds. The highest BCUT2D eigenvalue weighted by atomic mass is 16.5. The van der Waals surface area contributed by atoms with E-state index in [0.717, 1.165) is 38.5 Å². The number of carbonyl (C=O) groups is 2. The first-order valence-corrected chi connectivity index (χ1v) is 10.7. The Morgan fingerprint density at radius 2 is 1.84 bits per heavy atom. The number of aromatic nitrogens is 2. The monoisotopic (exact) mass is 441 g/mol. The van der Waals surface area contributed by atoms with Crippen LogP contribution in [-0.2, 0) is 16.1 Å². The molecule has 0 spiro atoms. The predicted octanol–water partition coefficient (Wildman–Crippen LogP) is 1.46. The zero-order chi connectivity index (χ0) is 23.1. The molecular weight excluding hydrogens is 410 g/mol. The quantitative estimate of drug-likeness (QED) is 0.433. The molecule has 10 heteroatoms. The first-order valence-electron chi connectivity index (χ1n) is 10.7. The molecule has 0 aliphatic carbocycles. The summed E-state index contributed by atoms with van der Waals surface area (Å²) in [5.41, 5.74) is 13.1. The highest BCUT2D eigenvalue weighted by Crippen LogP contribution is 2.21. The number of carbonyl (C=O) groups excluding carboxylic acids is 2. The van der Waals surface area contributed by atoms with Gasteiger partial charge in [0.05, 0.1) is 13.2 Å². The third-order valence-electron chi connectivity index (χ3n) is 5.13. The second kappa shape index (κ2) is 10.9. The molecule has 1 aliphatic rings. The van der Waals surface area contributed by atoms with Gasteiger partial charge in [0.1, 0.15) is 17.4 Å². The zero-order valence-electron chi connectivity index (χ0n) is 18.5. The van der Waals surface area contributed by atoms with Gasteiger partial charge in [-0.1, -0.05) is 26.0 Å². The second-order valence-electron chi connectivity index (χ2n) is 8.26. The minimum atomic E-state index is -0.656. The van der Waals surface area contributed by atoms with E-state index in [2.05, 4.69) is 25.5 Å². The number of primary amides is 2. The van der Waals surface area contributed by atoms with Crippen LogP contribution in [0.5, 0.6) is 0 Å². The fraction of sp³-hybridized carbons (Fsp3) is 0.455. The van der Waals surface area contributed by atoms with Gasteiger partial charge in [-0.05, 0) is 30.0 Å². The molecule has 1 atom stereocenters. The lowest BCUT2D eigenvalue weighted by Gasteiger charge is -2.26. The van der Waals surface area contributed by atoms with Gasteiger partial charge in [-0.3, -0.25) is 14.5 Å². The molecule has 1 fully saturated rings. The molecule has 10 nitrogen and oxygen atoms in total. The minimum Gasteiger partial charge on any atom is -0.379 e. The summed E-state index contributed by atoms with van der Waals surface area (Å²) in [7, 11) is 0. The summed E-state index contributed by atoms with van der Waals surface area (Å²) in [6.45, 7) is 8.18. The molecule has 3 rings (SSSR count). The first kappa shape index (κ1) is 23.4. The van der Waals surface area contributed by atoms with Crippen LogP contribution in [0.15, 0.2) is 30.5 Å². The van der Waals surface area contributed by atoms with Crippen LogP contribution in [0.3, 0.4) is 0 Å². The van der Waals surface area contributed by atoms with E-state index in [1.807, 2.05) is 38.1 Å². The van der Waals surface area contributed by atoms with Gasteiger partial charge >= 0.3 is 0 Å². The van der Waals surface area contributed by atoms with Gasteiger partial charge < -0.3 is 26.8 Å². The van der Waals surface area contributed by atoms with Crippen molar-refractivity contribution in [2.24, 2.45) is 17.4 Å². The molecule has 1 saturated heterocycles. The van der Waals surface area contributed by atoms with Crippen molar-refractivity contribution >= 4 is 29.3 Å². The molecule has 172 valence electrons. The van der Waals surface area contributed by atoms with E-state index in [4.69, 9.17) is 16.2 Å². The number of anilines is 3. The molecule has 1 aromatic carbocycles. The minimum absolute atomic E-state index is 0.146. The van der Waals surface area contributed by atoms with E-state index in [0.29, 0.717) is 6.42 Å². The molecule has 0 bridgehead atoms. The number of nitrogens with two attached hydrogens (primary N) is 2. The number of ether oxygens (including phenoxy) is 1. The van der Waals surface area contributed by atoms with Gasteiger partial charge in [0.15, 0.2) is 0 Å². The van der Waals surface area contributed by atoms with Crippen molar-refractivity contribution in [3.63, 3.8) is 0 Å². The molecule has 0 radical (unpaired) electrons. The Morgan fingerprint density at radius 3 is 2.44 bits per heavy atom. The maximum absolute atomic E-state index is 11.9. The maximum Gasteiger partial charge on any atom is 0.254 e. The number of benzene rings is 1. The summed E-state index contributed by atoms with van der Waals surface area (Å²) in [5, 5.41) is 6.08. The van der Waals surface area contributed by atoms with Gasteiger partial charge in [0, 0.05) is 31.5 Å². The van der Waals surface area contributed by atoms with Crippen LogP contribution in [-0.4, -0.2) is 59.0 Å². The number of nitrogens with one attached hydrogen (secondary N) is 2. The molecule has 1 aromatic heterocycles. The normalized spacial score (nSPS) is 15.3. The molecule has 2 heterocycles. The Balaban J connectivity index is 1.74. The summed E-state index contributed by atoms with van der Waals surface area (Å²) < 4.78 is 5.39. The Hall–Kier alpha value is -3.24. The van der Waals surface area contributed by atoms with E-state index < -0.39 is 17.9 Å². The van der Waals surface area contributed by atoms with Gasteiger partial charge in [-0.15, -0.1) is 0 Å². The zero-order valence-corrected chi connectivity index (χ0v) is 18.5. The Kier molecular flexibility index (Phi) is 7.96. The van der Waals surface area contributed by atoms with Gasteiger partial charge in [-0.2, -0.15) is 4.98 Å². The van der Waals surface area contributed by atoms with Crippen molar-refractivity contribution in [2.75, 3.05) is 36.9 Å². The average molecular weight is 442 g/mol. The summed E-state index contributed by atoms with van der Waals surface area (Å²) >= 11 is 0. The van der Waals surface area contributed by atoms with Crippen molar-refractivity contribution in [2.45, 2.75) is 32.9 Å². The lowest BCUT2D eigenvalue weighted by molar-refractivity contribution is -0.119. The Labute approximate surface area is 187 Å². The van der Waals surface area contributed by atoms with Crippen molar-refractivity contribution in [1.82, 2.24) is 14.9 Å². The van der Waals surface area contributed by atoms with E-state index in [9.17, 15) is 9.59 Å². The Bertz CT molecular complexity index is 928. The lowest BCUT2D eigenvalue weighted by atomic mass is 10.0. The fourth-order valence-corrected chi connectivity index (χ4v) is 3.45. The Morgan fingerprint density at radius 1 is 1.16 bits per heavy atom. The number of rotatable bonds is 10. The average Bonchev–Trinajstić information content (AvgIpc) is 2.75. The van der Waals surface area contributed by atoms with Crippen molar-refractivity contribution in [3.8, 4) is 0 Å². The van der Waals surface area contributed by atoms with Crippen LogP contribution in [0.1, 0.15) is 36.2 Å². The van der Waals surface area contributed by atoms with Crippen molar-refractivity contribution in [1.29, 1.82) is 0 Å². The smallest absolute Gasteiger partial charge is 0.254 e. The van der Waals surface area contributed by atoms with Crippen LogP contribution in [0.4, 0.5) is 17.5 Å². The third kappa shape index (κ3) is 6.63. The van der Waals surface area contributed by atoms with Crippen LogP contribution in [0.25, 0.3) is 0 Å². The van der Waals surface area contributed by atoms with Crippen molar-refractivity contribution in [3.05, 3.63) is 41.6 Å². The molecule has 6 N–H and O–H groups in total. The van der Waals surface area contributed by atoms with Crippen LogP contribution in [0, 0.1) is 5.92 Å².